The van der Waals surface area contributed by atoms with Crippen molar-refractivity contribution in [3.8, 4) is 5.75 Å². The number of pyridine rings is 1. The maximum atomic E-state index is 12.3. The normalized spacial score (nSPS) is 10.7. The molecule has 0 fully saturated rings. The second-order valence-corrected chi connectivity index (χ2v) is 3.13. The molecule has 82 valence electrons. The van der Waals surface area contributed by atoms with Crippen LogP contribution in [-0.2, 0) is 5.33 Å². The Morgan fingerprint density at radius 1 is 1.67 bits per heavy atom. The molecule has 0 aliphatic rings. The minimum Gasteiger partial charge on any atom is -0.504 e. The van der Waals surface area contributed by atoms with Crippen LogP contribution in [0, 0.1) is 10.1 Å². The molecule has 0 bridgehead atoms. The maximum absolute atomic E-state index is 12.3. The van der Waals surface area contributed by atoms with E-state index in [0.29, 0.717) is 0 Å². The van der Waals surface area contributed by atoms with E-state index in [4.69, 9.17) is 0 Å². The Balaban J connectivity index is 3.38. The van der Waals surface area contributed by atoms with Crippen LogP contribution in [0.15, 0.2) is 6.07 Å². The van der Waals surface area contributed by atoms with E-state index in [1.165, 1.54) is 0 Å². The summed E-state index contributed by atoms with van der Waals surface area (Å²) in [6.45, 7) is 0. The monoisotopic (exact) mass is 282 g/mol. The third-order valence-corrected chi connectivity index (χ3v) is 2.23. The summed E-state index contributed by atoms with van der Waals surface area (Å²) in [5, 5.41) is 19.7. The van der Waals surface area contributed by atoms with Gasteiger partial charge < -0.3 is 15.2 Å². The van der Waals surface area contributed by atoms with Crippen LogP contribution in [0.5, 0.6) is 5.75 Å². The van der Waals surface area contributed by atoms with Crippen molar-refractivity contribution in [2.24, 2.45) is 0 Å². The highest BCUT2D eigenvalue weighted by Gasteiger charge is 2.26. The van der Waals surface area contributed by atoms with Crippen LogP contribution in [0.1, 0.15) is 17.7 Å². The van der Waals surface area contributed by atoms with E-state index in [9.17, 15) is 24.0 Å². The summed E-state index contributed by atoms with van der Waals surface area (Å²) in [6.07, 6.45) is -3.05. The highest BCUT2D eigenvalue weighted by Crippen LogP contribution is 2.33. The van der Waals surface area contributed by atoms with Gasteiger partial charge in [0.25, 0.3) is 5.69 Å². The molecule has 0 saturated carbocycles. The number of hydrogen-bond acceptors (Lipinski definition) is 4. The lowest BCUT2D eigenvalue weighted by Crippen LogP contribution is -2.00. The molecule has 1 aromatic rings. The summed E-state index contributed by atoms with van der Waals surface area (Å²) >= 11 is 2.92. The standard InChI is InChI=1S/C7H5BrF2N2O3/c8-2-3-1-4(12(14)15)11-5(6(3)13)7(9)10/h1,7,13H,2H2. The number of rotatable bonds is 3. The van der Waals surface area contributed by atoms with Crippen molar-refractivity contribution >= 4 is 21.7 Å². The Morgan fingerprint density at radius 3 is 2.67 bits per heavy atom. The van der Waals surface area contributed by atoms with Crippen LogP contribution >= 0.6 is 15.9 Å². The van der Waals surface area contributed by atoms with Crippen LogP contribution in [0.4, 0.5) is 14.6 Å². The van der Waals surface area contributed by atoms with E-state index >= 15 is 0 Å². The Bertz CT molecular complexity index is 400. The van der Waals surface area contributed by atoms with Crippen molar-refractivity contribution in [3.05, 3.63) is 27.4 Å². The average molecular weight is 283 g/mol. The first-order chi connectivity index (χ1) is 6.97. The largest absolute Gasteiger partial charge is 0.504 e. The number of nitro groups is 1. The van der Waals surface area contributed by atoms with Crippen molar-refractivity contribution in [1.29, 1.82) is 0 Å². The first-order valence-electron chi connectivity index (χ1n) is 3.68. The van der Waals surface area contributed by atoms with Gasteiger partial charge in [-0.25, -0.2) is 8.78 Å². The minimum atomic E-state index is -3.05. The smallest absolute Gasteiger partial charge is 0.364 e. The van der Waals surface area contributed by atoms with Gasteiger partial charge in [0.15, 0.2) is 5.75 Å². The molecule has 1 heterocycles. The molecule has 5 nitrogen and oxygen atoms in total. The van der Waals surface area contributed by atoms with E-state index in [0.717, 1.165) is 6.07 Å². The lowest BCUT2D eigenvalue weighted by molar-refractivity contribution is -0.389. The third kappa shape index (κ3) is 2.38. The zero-order chi connectivity index (χ0) is 11.6. The number of halogens is 3. The fraction of sp³-hybridized carbons (Fsp3) is 0.286. The molecule has 0 unspecified atom stereocenters. The third-order valence-electron chi connectivity index (χ3n) is 1.62. The van der Waals surface area contributed by atoms with E-state index < -0.39 is 28.6 Å². The molecule has 0 saturated heterocycles. The van der Waals surface area contributed by atoms with Gasteiger partial charge >= 0.3 is 12.2 Å². The van der Waals surface area contributed by atoms with Gasteiger partial charge in [0.2, 0.25) is 0 Å². The van der Waals surface area contributed by atoms with Crippen molar-refractivity contribution in [2.45, 2.75) is 11.8 Å². The highest BCUT2D eigenvalue weighted by atomic mass is 79.9. The van der Waals surface area contributed by atoms with Gasteiger partial charge in [-0.3, -0.25) is 0 Å². The Labute approximate surface area is 91.0 Å². The SMILES string of the molecule is O=[N+]([O-])c1cc(CBr)c(O)c(C(F)F)n1. The van der Waals surface area contributed by atoms with Gasteiger partial charge in [0, 0.05) is 17.0 Å². The second kappa shape index (κ2) is 4.47. The number of hydrogen-bond donors (Lipinski definition) is 1. The van der Waals surface area contributed by atoms with E-state index in [2.05, 4.69) is 20.9 Å². The summed E-state index contributed by atoms with van der Waals surface area (Å²) in [5.74, 6) is -1.43. The van der Waals surface area contributed by atoms with Gasteiger partial charge in [0.1, 0.15) is 0 Å². The van der Waals surface area contributed by atoms with Gasteiger partial charge in [-0.15, -0.1) is 0 Å². The molecule has 0 aromatic carbocycles. The van der Waals surface area contributed by atoms with Gasteiger partial charge in [-0.05, 0) is 9.91 Å². The zero-order valence-corrected chi connectivity index (χ0v) is 8.74. The molecule has 0 aliphatic carbocycles. The average Bonchev–Trinajstić information content (AvgIpc) is 2.17. The molecule has 15 heavy (non-hydrogen) atoms. The molecular formula is C7H5BrF2N2O3. The zero-order valence-electron chi connectivity index (χ0n) is 7.15. The Morgan fingerprint density at radius 2 is 2.27 bits per heavy atom. The highest BCUT2D eigenvalue weighted by molar-refractivity contribution is 9.08. The summed E-state index contributed by atoms with van der Waals surface area (Å²) in [4.78, 5) is 12.5. The molecule has 1 aromatic heterocycles. The van der Waals surface area contributed by atoms with E-state index in [-0.39, 0.29) is 10.9 Å². The Kier molecular flexibility index (Phi) is 3.51. The number of nitrogens with zero attached hydrogens (tertiary/aromatic N) is 2. The number of aromatic nitrogens is 1. The lowest BCUT2D eigenvalue weighted by Gasteiger charge is -2.03. The summed E-state index contributed by atoms with van der Waals surface area (Å²) < 4.78 is 24.7. The lowest BCUT2D eigenvalue weighted by atomic mass is 10.2. The molecule has 0 amide bonds. The van der Waals surface area contributed by atoms with Crippen molar-refractivity contribution in [3.63, 3.8) is 0 Å². The van der Waals surface area contributed by atoms with Crippen molar-refractivity contribution < 1.29 is 18.8 Å². The quantitative estimate of drug-likeness (QED) is 0.525. The van der Waals surface area contributed by atoms with Crippen LogP contribution in [0.3, 0.4) is 0 Å². The molecule has 1 rings (SSSR count). The van der Waals surface area contributed by atoms with Crippen LogP contribution in [-0.4, -0.2) is 15.0 Å². The van der Waals surface area contributed by atoms with Gasteiger partial charge in [-0.1, -0.05) is 15.9 Å². The molecule has 0 spiro atoms. The molecule has 0 aliphatic heterocycles. The van der Waals surface area contributed by atoms with Gasteiger partial charge in [-0.2, -0.15) is 0 Å². The fourth-order valence-corrected chi connectivity index (χ4v) is 1.37. The fourth-order valence-electron chi connectivity index (χ4n) is 0.945. The van der Waals surface area contributed by atoms with Crippen molar-refractivity contribution in [1.82, 2.24) is 4.98 Å². The van der Waals surface area contributed by atoms with Crippen molar-refractivity contribution in [2.75, 3.05) is 0 Å². The van der Waals surface area contributed by atoms with Crippen LogP contribution in [0.2, 0.25) is 0 Å². The van der Waals surface area contributed by atoms with Crippen LogP contribution < -0.4 is 0 Å². The number of aromatic hydroxyl groups is 1. The molecular weight excluding hydrogens is 278 g/mol. The molecule has 0 radical (unpaired) electrons. The first kappa shape index (κ1) is 11.8. The minimum absolute atomic E-state index is 0.00648. The number of alkyl halides is 3. The molecule has 1 N–H and O–H groups in total. The Hall–Kier alpha value is -1.31. The molecule has 0 atom stereocenters. The summed E-state index contributed by atoms with van der Waals surface area (Å²) in [7, 11) is 0. The maximum Gasteiger partial charge on any atom is 0.364 e. The predicted molar refractivity (Wildman–Crippen MR) is 50.1 cm³/mol. The first-order valence-corrected chi connectivity index (χ1v) is 4.80. The van der Waals surface area contributed by atoms with E-state index in [1.54, 1.807) is 0 Å². The predicted octanol–water partition coefficient (Wildman–Crippen LogP) is 2.53. The summed E-state index contributed by atoms with van der Waals surface area (Å²) in [5.41, 5.74) is -0.967. The summed E-state index contributed by atoms with van der Waals surface area (Å²) in [6, 6.07) is 0.940. The second-order valence-electron chi connectivity index (χ2n) is 2.56. The van der Waals surface area contributed by atoms with Gasteiger partial charge in [0.05, 0.1) is 0 Å². The molecule has 8 heteroatoms. The van der Waals surface area contributed by atoms with E-state index in [1.807, 2.05) is 0 Å². The topological polar surface area (TPSA) is 76.3 Å². The van der Waals surface area contributed by atoms with Crippen LogP contribution in [0.25, 0.3) is 0 Å².